The van der Waals surface area contributed by atoms with E-state index in [1.165, 1.54) is 76.3 Å². The molecule has 0 unspecified atom stereocenters. The average Bonchev–Trinajstić information content (AvgIpc) is 3.53. The summed E-state index contributed by atoms with van der Waals surface area (Å²) in [7, 11) is 0. The molecule has 0 heterocycles. The minimum atomic E-state index is 0.705. The molecule has 0 N–H and O–H groups in total. The van der Waals surface area contributed by atoms with Crippen molar-refractivity contribution in [2.75, 3.05) is 0 Å². The van der Waals surface area contributed by atoms with E-state index in [4.69, 9.17) is 0 Å². The van der Waals surface area contributed by atoms with Gasteiger partial charge in [0.2, 0.25) is 0 Å². The maximum Gasteiger partial charge on any atom is 0.0998 e. The molecule has 0 saturated heterocycles. The summed E-state index contributed by atoms with van der Waals surface area (Å²) in [6.45, 7) is 0. The van der Waals surface area contributed by atoms with Gasteiger partial charge in [0.15, 0.2) is 0 Å². The number of hydrogen-bond donors (Lipinski definition) is 0. The Labute approximate surface area is 289 Å². The minimum Gasteiger partial charge on any atom is -0.192 e. The Hall–Kier alpha value is -6.75. The van der Waals surface area contributed by atoms with Gasteiger partial charge in [-0.05, 0) is 110 Å². The summed E-state index contributed by atoms with van der Waals surface area (Å²) >= 11 is 0. The Morgan fingerprint density at radius 2 is 0.900 bits per heavy atom. The standard InChI is InChI=1S/C49H27N/c50-28-34-27-43(38-23-21-33-20-19-31-13-6-14-32-22-24-40(38)45(33)44(31)32)39-17-8-18-42-47-36(30-9-2-1-3-10-30)25-26-41(49(47)46(34)48(39)42)37-16-7-12-29-11-4-5-15-35(29)37/h1-27H. The van der Waals surface area contributed by atoms with Gasteiger partial charge in [-0.2, -0.15) is 5.26 Å². The highest BCUT2D eigenvalue weighted by Gasteiger charge is 2.31. The number of fused-ring (bicyclic) bond motifs is 4. The summed E-state index contributed by atoms with van der Waals surface area (Å²) in [6, 6.07) is 62.0. The highest BCUT2D eigenvalue weighted by atomic mass is 14.4. The van der Waals surface area contributed by atoms with Crippen LogP contribution >= 0.6 is 0 Å². The second-order valence-corrected chi connectivity index (χ2v) is 13.5. The number of nitrogens with zero attached hydrogens (tertiary/aromatic N) is 1. The topological polar surface area (TPSA) is 23.8 Å². The Kier molecular flexibility index (Phi) is 5.52. The van der Waals surface area contributed by atoms with Gasteiger partial charge >= 0.3 is 0 Å². The van der Waals surface area contributed by atoms with Crippen molar-refractivity contribution in [1.82, 2.24) is 0 Å². The van der Waals surface area contributed by atoms with E-state index in [2.05, 4.69) is 170 Å². The van der Waals surface area contributed by atoms with Crippen LogP contribution < -0.4 is 0 Å². The van der Waals surface area contributed by atoms with Gasteiger partial charge in [-0.15, -0.1) is 0 Å². The van der Waals surface area contributed by atoms with E-state index in [0.29, 0.717) is 5.56 Å². The van der Waals surface area contributed by atoms with E-state index in [9.17, 15) is 5.26 Å². The third kappa shape index (κ3) is 3.60. The van der Waals surface area contributed by atoms with Crippen LogP contribution in [-0.4, -0.2) is 0 Å². The molecule has 0 aliphatic heterocycles. The summed E-state index contributed by atoms with van der Waals surface area (Å²) in [6.07, 6.45) is 0. The van der Waals surface area contributed by atoms with Crippen LogP contribution in [0.1, 0.15) is 5.56 Å². The number of hydrogen-bond acceptors (Lipinski definition) is 1. The molecule has 11 rings (SSSR count). The zero-order valence-corrected chi connectivity index (χ0v) is 27.0. The largest absolute Gasteiger partial charge is 0.192 e. The van der Waals surface area contributed by atoms with Gasteiger partial charge in [-0.25, -0.2) is 0 Å². The lowest BCUT2D eigenvalue weighted by Gasteiger charge is -2.18. The van der Waals surface area contributed by atoms with E-state index in [1.54, 1.807) is 0 Å². The van der Waals surface area contributed by atoms with Crippen molar-refractivity contribution in [3.05, 3.63) is 169 Å². The molecule has 0 bridgehead atoms. The SMILES string of the molecule is N#Cc1cc(-c2ccc3ccc4cccc5ccc2c3c45)c2cccc3c2c1-c1c(-c2cccc4ccccc24)ccc(-c2ccccc2)c1-3. The smallest absolute Gasteiger partial charge is 0.0998 e. The quantitative estimate of drug-likeness (QED) is 0.178. The molecule has 1 aliphatic carbocycles. The summed E-state index contributed by atoms with van der Waals surface area (Å²) in [4.78, 5) is 0. The van der Waals surface area contributed by atoms with Crippen molar-refractivity contribution in [2.24, 2.45) is 0 Å². The zero-order valence-electron chi connectivity index (χ0n) is 27.0. The summed E-state index contributed by atoms with van der Waals surface area (Å²) in [5.41, 5.74) is 12.2. The van der Waals surface area contributed by atoms with E-state index >= 15 is 0 Å². The third-order valence-electron chi connectivity index (χ3n) is 11.0. The lowest BCUT2D eigenvalue weighted by molar-refractivity contribution is 1.49. The molecule has 1 heteroatoms. The van der Waals surface area contributed by atoms with Crippen LogP contribution in [0.5, 0.6) is 0 Å². The molecule has 0 amide bonds. The molecule has 0 atom stereocenters. The van der Waals surface area contributed by atoms with Crippen LogP contribution in [0.2, 0.25) is 0 Å². The first-order valence-corrected chi connectivity index (χ1v) is 17.2. The Morgan fingerprint density at radius 3 is 1.76 bits per heavy atom. The van der Waals surface area contributed by atoms with Gasteiger partial charge in [-0.1, -0.05) is 158 Å². The highest BCUT2D eigenvalue weighted by molar-refractivity contribution is 6.29. The van der Waals surface area contributed by atoms with E-state index in [1.807, 2.05) is 0 Å². The lowest BCUT2D eigenvalue weighted by atomic mass is 9.84. The fraction of sp³-hybridized carbons (Fsp3) is 0. The molecule has 0 fully saturated rings. The van der Waals surface area contributed by atoms with Crippen LogP contribution in [0.15, 0.2) is 164 Å². The minimum absolute atomic E-state index is 0.705. The normalized spacial score (nSPS) is 12.0. The van der Waals surface area contributed by atoms with Gasteiger partial charge in [0.25, 0.3) is 0 Å². The van der Waals surface area contributed by atoms with Gasteiger partial charge in [-0.3, -0.25) is 0 Å². The van der Waals surface area contributed by atoms with E-state index in [-0.39, 0.29) is 0 Å². The molecular weight excluding hydrogens is 603 g/mol. The molecule has 1 aliphatic rings. The first kappa shape index (κ1) is 27.2. The van der Waals surface area contributed by atoms with Gasteiger partial charge in [0.1, 0.15) is 0 Å². The lowest BCUT2D eigenvalue weighted by Crippen LogP contribution is -1.93. The van der Waals surface area contributed by atoms with E-state index < -0.39 is 0 Å². The third-order valence-corrected chi connectivity index (χ3v) is 11.0. The van der Waals surface area contributed by atoms with Crippen molar-refractivity contribution in [3.8, 4) is 61.7 Å². The number of nitriles is 1. The number of benzene rings is 10. The van der Waals surface area contributed by atoms with Crippen LogP contribution in [0.25, 0.3) is 109 Å². The fourth-order valence-electron chi connectivity index (χ4n) is 8.91. The molecule has 1 nitrogen and oxygen atoms in total. The molecule has 228 valence electrons. The molecule has 10 aromatic rings. The van der Waals surface area contributed by atoms with Crippen LogP contribution in [0.4, 0.5) is 0 Å². The second-order valence-electron chi connectivity index (χ2n) is 13.5. The summed E-state index contributed by atoms with van der Waals surface area (Å²) < 4.78 is 0. The van der Waals surface area contributed by atoms with Crippen LogP contribution in [0, 0.1) is 11.3 Å². The molecule has 10 aromatic carbocycles. The summed E-state index contributed by atoms with van der Waals surface area (Å²) in [5, 5.41) is 23.3. The van der Waals surface area contributed by atoms with Crippen molar-refractivity contribution in [1.29, 1.82) is 5.26 Å². The maximum atomic E-state index is 11.0. The van der Waals surface area contributed by atoms with Crippen molar-refractivity contribution in [2.45, 2.75) is 0 Å². The predicted molar refractivity (Wildman–Crippen MR) is 211 cm³/mol. The predicted octanol–water partition coefficient (Wildman–Crippen LogP) is 13.4. The van der Waals surface area contributed by atoms with Gasteiger partial charge in [0, 0.05) is 5.56 Å². The van der Waals surface area contributed by atoms with Gasteiger partial charge in [0.05, 0.1) is 11.6 Å². The molecule has 0 spiro atoms. The van der Waals surface area contributed by atoms with Crippen LogP contribution in [-0.2, 0) is 0 Å². The Morgan fingerprint density at radius 1 is 0.320 bits per heavy atom. The second kappa shape index (κ2) is 10.1. The molecule has 0 aromatic heterocycles. The first-order valence-electron chi connectivity index (χ1n) is 17.2. The van der Waals surface area contributed by atoms with Crippen LogP contribution in [0.3, 0.4) is 0 Å². The van der Waals surface area contributed by atoms with Crippen molar-refractivity contribution < 1.29 is 0 Å². The highest BCUT2D eigenvalue weighted by Crippen LogP contribution is 2.57. The van der Waals surface area contributed by atoms with Crippen molar-refractivity contribution in [3.63, 3.8) is 0 Å². The first-order chi connectivity index (χ1) is 24.8. The number of rotatable bonds is 3. The molecular formula is C49H27N. The molecule has 0 radical (unpaired) electrons. The zero-order chi connectivity index (χ0) is 32.9. The molecule has 50 heavy (non-hydrogen) atoms. The van der Waals surface area contributed by atoms with E-state index in [0.717, 1.165) is 33.2 Å². The Balaban J connectivity index is 1.27. The fourth-order valence-corrected chi connectivity index (χ4v) is 8.91. The molecule has 0 saturated carbocycles. The average molecular weight is 630 g/mol. The Bertz CT molecular complexity index is 3070. The summed E-state index contributed by atoms with van der Waals surface area (Å²) in [5.74, 6) is 0. The van der Waals surface area contributed by atoms with Gasteiger partial charge < -0.3 is 0 Å². The maximum absolute atomic E-state index is 11.0. The van der Waals surface area contributed by atoms with Crippen molar-refractivity contribution >= 4 is 53.9 Å². The monoisotopic (exact) mass is 629 g/mol.